The van der Waals surface area contributed by atoms with Crippen molar-refractivity contribution in [3.63, 3.8) is 0 Å². The van der Waals surface area contributed by atoms with Crippen LogP contribution in [0.4, 0.5) is 0 Å². The SMILES string of the molecule is CC[C@H](C)[C@H](NC(=O)CNC(=O)COc1ccc2c3c(c(=O)oc2c1C)CCC3)C(=O)O. The normalized spacial score (nSPS) is 14.5. The Balaban J connectivity index is 1.59. The van der Waals surface area contributed by atoms with Crippen LogP contribution in [0.3, 0.4) is 0 Å². The highest BCUT2D eigenvalue weighted by atomic mass is 16.5. The molecule has 2 aromatic rings. The lowest BCUT2D eigenvalue weighted by atomic mass is 9.99. The lowest BCUT2D eigenvalue weighted by molar-refractivity contribution is -0.143. The first-order chi connectivity index (χ1) is 15.2. The molecule has 2 atom stereocenters. The van der Waals surface area contributed by atoms with E-state index in [0.29, 0.717) is 23.3 Å². The minimum Gasteiger partial charge on any atom is -0.483 e. The van der Waals surface area contributed by atoms with E-state index in [1.165, 1.54) is 0 Å². The number of amides is 2. The molecule has 32 heavy (non-hydrogen) atoms. The zero-order valence-corrected chi connectivity index (χ0v) is 18.4. The van der Waals surface area contributed by atoms with Gasteiger partial charge in [0.2, 0.25) is 5.91 Å². The van der Waals surface area contributed by atoms with Gasteiger partial charge in [-0.05, 0) is 49.8 Å². The molecule has 3 rings (SSSR count). The van der Waals surface area contributed by atoms with Crippen molar-refractivity contribution in [2.45, 2.75) is 52.5 Å². The summed E-state index contributed by atoms with van der Waals surface area (Å²) in [5.41, 5.74) is 2.51. The zero-order valence-electron chi connectivity index (χ0n) is 18.4. The molecular formula is C23H28N2O7. The summed E-state index contributed by atoms with van der Waals surface area (Å²) in [5.74, 6) is -2.09. The van der Waals surface area contributed by atoms with Gasteiger partial charge < -0.3 is 24.9 Å². The first-order valence-electron chi connectivity index (χ1n) is 10.7. The second-order valence-electron chi connectivity index (χ2n) is 8.10. The summed E-state index contributed by atoms with van der Waals surface area (Å²) in [4.78, 5) is 47.6. The quantitative estimate of drug-likeness (QED) is 0.501. The summed E-state index contributed by atoms with van der Waals surface area (Å²) in [6.07, 6.45) is 3.07. The van der Waals surface area contributed by atoms with Gasteiger partial charge in [0.05, 0.1) is 6.54 Å². The van der Waals surface area contributed by atoms with Crippen LogP contribution in [-0.4, -0.2) is 42.1 Å². The lowest BCUT2D eigenvalue weighted by Crippen LogP contribution is -2.48. The van der Waals surface area contributed by atoms with Crippen molar-refractivity contribution in [2.24, 2.45) is 5.92 Å². The number of rotatable bonds is 9. The number of carboxylic acid groups (broad SMARTS) is 1. The molecule has 0 saturated heterocycles. The summed E-state index contributed by atoms with van der Waals surface area (Å²) >= 11 is 0. The Hall–Kier alpha value is -3.36. The van der Waals surface area contributed by atoms with Gasteiger partial charge in [0.15, 0.2) is 6.61 Å². The Morgan fingerprint density at radius 2 is 1.91 bits per heavy atom. The van der Waals surface area contributed by atoms with Gasteiger partial charge in [-0.2, -0.15) is 0 Å². The number of hydrogen-bond donors (Lipinski definition) is 3. The highest BCUT2D eigenvalue weighted by molar-refractivity contribution is 5.89. The molecule has 1 aliphatic rings. The Bertz CT molecular complexity index is 1110. The molecule has 0 saturated carbocycles. The van der Waals surface area contributed by atoms with Crippen molar-refractivity contribution in [3.05, 3.63) is 39.2 Å². The van der Waals surface area contributed by atoms with Crippen molar-refractivity contribution < 1.29 is 28.6 Å². The molecule has 1 aliphatic carbocycles. The van der Waals surface area contributed by atoms with E-state index >= 15 is 0 Å². The number of ether oxygens (including phenoxy) is 1. The largest absolute Gasteiger partial charge is 0.483 e. The average Bonchev–Trinajstić information content (AvgIpc) is 3.26. The van der Waals surface area contributed by atoms with E-state index in [-0.39, 0.29) is 24.7 Å². The number of aryl methyl sites for hydroxylation is 2. The number of benzene rings is 1. The maximum absolute atomic E-state index is 12.2. The van der Waals surface area contributed by atoms with Crippen molar-refractivity contribution in [2.75, 3.05) is 13.2 Å². The Morgan fingerprint density at radius 1 is 1.19 bits per heavy atom. The molecule has 0 bridgehead atoms. The smallest absolute Gasteiger partial charge is 0.339 e. The summed E-state index contributed by atoms with van der Waals surface area (Å²) in [7, 11) is 0. The van der Waals surface area contributed by atoms with Crippen LogP contribution in [0.5, 0.6) is 5.75 Å². The van der Waals surface area contributed by atoms with Gasteiger partial charge >= 0.3 is 11.6 Å². The molecule has 9 heteroatoms. The van der Waals surface area contributed by atoms with Crippen molar-refractivity contribution in [3.8, 4) is 5.75 Å². The van der Waals surface area contributed by atoms with E-state index in [1.807, 2.05) is 13.0 Å². The van der Waals surface area contributed by atoms with E-state index in [1.54, 1.807) is 19.9 Å². The molecule has 2 amide bonds. The third kappa shape index (κ3) is 4.92. The van der Waals surface area contributed by atoms with Crippen LogP contribution in [0.15, 0.2) is 21.3 Å². The summed E-state index contributed by atoms with van der Waals surface area (Å²) in [5, 5.41) is 14.9. The zero-order chi connectivity index (χ0) is 23.4. The third-order valence-corrected chi connectivity index (χ3v) is 5.94. The topological polar surface area (TPSA) is 135 Å². The van der Waals surface area contributed by atoms with Crippen LogP contribution in [0.25, 0.3) is 11.0 Å². The highest BCUT2D eigenvalue weighted by Crippen LogP contribution is 2.32. The van der Waals surface area contributed by atoms with Gasteiger partial charge in [-0.1, -0.05) is 20.3 Å². The fourth-order valence-electron chi connectivity index (χ4n) is 3.90. The summed E-state index contributed by atoms with van der Waals surface area (Å²) in [6, 6.07) is 2.55. The molecule has 3 N–H and O–H groups in total. The second kappa shape index (κ2) is 9.84. The number of aliphatic carboxylic acids is 1. The molecule has 1 aromatic heterocycles. The van der Waals surface area contributed by atoms with Crippen molar-refractivity contribution in [1.82, 2.24) is 10.6 Å². The fourth-order valence-corrected chi connectivity index (χ4v) is 3.90. The van der Waals surface area contributed by atoms with Crippen LogP contribution >= 0.6 is 0 Å². The number of fused-ring (bicyclic) bond motifs is 3. The van der Waals surface area contributed by atoms with Crippen molar-refractivity contribution >= 4 is 28.8 Å². The standard InChI is InChI=1S/C23H28N2O7/c1-4-12(2)20(22(28)29)25-18(26)10-24-19(27)11-31-17-9-8-15-14-6-5-7-16(14)23(30)32-21(15)13(17)3/h8-9,12,20H,4-7,10-11H2,1-3H3,(H,24,27)(H,25,26)(H,28,29)/t12-,20-/m0/s1. The number of carbonyl (C=O) groups excluding carboxylic acids is 2. The van der Waals surface area contributed by atoms with Gasteiger partial charge in [-0.15, -0.1) is 0 Å². The average molecular weight is 444 g/mol. The van der Waals surface area contributed by atoms with Gasteiger partial charge in [0, 0.05) is 16.5 Å². The predicted molar refractivity (Wildman–Crippen MR) is 117 cm³/mol. The maximum Gasteiger partial charge on any atom is 0.339 e. The Kier molecular flexibility index (Phi) is 7.17. The molecule has 1 aromatic carbocycles. The molecule has 0 aliphatic heterocycles. The van der Waals surface area contributed by atoms with E-state index in [2.05, 4.69) is 10.6 Å². The molecule has 172 valence electrons. The van der Waals surface area contributed by atoms with Crippen molar-refractivity contribution in [1.29, 1.82) is 0 Å². The van der Waals surface area contributed by atoms with E-state index < -0.39 is 23.8 Å². The lowest BCUT2D eigenvalue weighted by Gasteiger charge is -2.20. The second-order valence-corrected chi connectivity index (χ2v) is 8.10. The Labute approximate surface area is 185 Å². The first kappa shape index (κ1) is 23.3. The van der Waals surface area contributed by atoms with Crippen LogP contribution in [0.1, 0.15) is 43.4 Å². The molecule has 0 fully saturated rings. The van der Waals surface area contributed by atoms with E-state index in [4.69, 9.17) is 9.15 Å². The van der Waals surface area contributed by atoms with Crippen LogP contribution in [-0.2, 0) is 27.2 Å². The van der Waals surface area contributed by atoms with E-state index in [0.717, 1.165) is 35.8 Å². The number of carbonyl (C=O) groups is 3. The maximum atomic E-state index is 12.2. The predicted octanol–water partition coefficient (Wildman–Crippen LogP) is 1.70. The van der Waals surface area contributed by atoms with Crippen LogP contribution in [0, 0.1) is 12.8 Å². The van der Waals surface area contributed by atoms with Gasteiger partial charge in [-0.25, -0.2) is 9.59 Å². The fraction of sp³-hybridized carbons (Fsp3) is 0.478. The van der Waals surface area contributed by atoms with Crippen LogP contribution < -0.4 is 21.0 Å². The van der Waals surface area contributed by atoms with E-state index in [9.17, 15) is 24.3 Å². The molecule has 1 heterocycles. The monoisotopic (exact) mass is 444 g/mol. The molecular weight excluding hydrogens is 416 g/mol. The number of hydrogen-bond acceptors (Lipinski definition) is 6. The molecule has 0 unspecified atom stereocenters. The number of carboxylic acids is 1. The number of nitrogens with one attached hydrogen (secondary N) is 2. The minimum absolute atomic E-state index is 0.243. The van der Waals surface area contributed by atoms with Gasteiger partial charge in [-0.3, -0.25) is 9.59 Å². The highest BCUT2D eigenvalue weighted by Gasteiger charge is 2.25. The summed E-state index contributed by atoms with van der Waals surface area (Å²) < 4.78 is 11.1. The minimum atomic E-state index is -1.12. The van der Waals surface area contributed by atoms with Crippen LogP contribution in [0.2, 0.25) is 0 Å². The van der Waals surface area contributed by atoms with Gasteiger partial charge in [0.25, 0.3) is 5.91 Å². The summed E-state index contributed by atoms with van der Waals surface area (Å²) in [6.45, 7) is 4.61. The van der Waals surface area contributed by atoms with Gasteiger partial charge in [0.1, 0.15) is 17.4 Å². The first-order valence-corrected chi connectivity index (χ1v) is 10.7. The third-order valence-electron chi connectivity index (χ3n) is 5.94. The molecule has 0 radical (unpaired) electrons. The molecule has 0 spiro atoms. The molecule has 9 nitrogen and oxygen atoms in total. The Morgan fingerprint density at radius 3 is 2.59 bits per heavy atom.